The minimum absolute atomic E-state index is 0.0302. The number of aromatic amines is 1. The zero-order chi connectivity index (χ0) is 17.4. The monoisotopic (exact) mass is 338 g/mol. The van der Waals surface area contributed by atoms with Gasteiger partial charge in [0.05, 0.1) is 12.0 Å². The molecule has 8 nitrogen and oxygen atoms in total. The third-order valence-electron chi connectivity index (χ3n) is 4.48. The van der Waals surface area contributed by atoms with E-state index in [1.165, 1.54) is 6.33 Å². The van der Waals surface area contributed by atoms with Gasteiger partial charge in [0.25, 0.3) is 0 Å². The van der Waals surface area contributed by atoms with Crippen LogP contribution >= 0.6 is 0 Å². The molecule has 3 aromatic rings. The van der Waals surface area contributed by atoms with Crippen molar-refractivity contribution in [3.8, 4) is 0 Å². The van der Waals surface area contributed by atoms with Crippen LogP contribution in [0.5, 0.6) is 0 Å². The van der Waals surface area contributed by atoms with Crippen LogP contribution in [0.3, 0.4) is 0 Å². The highest BCUT2D eigenvalue weighted by molar-refractivity contribution is 5.81. The Labute approximate surface area is 146 Å². The summed E-state index contributed by atoms with van der Waals surface area (Å²) in [6.07, 6.45) is 3.17. The molecule has 4 heterocycles. The molecule has 0 aromatic carbocycles. The van der Waals surface area contributed by atoms with E-state index in [-0.39, 0.29) is 5.41 Å². The van der Waals surface area contributed by atoms with Gasteiger partial charge in [0.15, 0.2) is 17.3 Å². The number of imidazole rings is 1. The maximum atomic E-state index is 4.38. The normalized spacial score (nSPS) is 15.4. The molecule has 1 saturated heterocycles. The summed E-state index contributed by atoms with van der Waals surface area (Å²) in [6, 6.07) is 4.14. The summed E-state index contributed by atoms with van der Waals surface area (Å²) in [5, 5.41) is 12.1. The average molecular weight is 338 g/mol. The highest BCUT2D eigenvalue weighted by atomic mass is 15.3. The molecule has 130 valence electrons. The van der Waals surface area contributed by atoms with Crippen molar-refractivity contribution in [2.45, 2.75) is 26.2 Å². The second-order valence-electron chi connectivity index (χ2n) is 7.50. The number of hydrogen-bond donors (Lipinski definition) is 2. The Morgan fingerprint density at radius 2 is 2.00 bits per heavy atom. The van der Waals surface area contributed by atoms with Crippen LogP contribution in [0.2, 0.25) is 0 Å². The highest BCUT2D eigenvalue weighted by Gasteiger charge is 2.28. The van der Waals surface area contributed by atoms with Gasteiger partial charge in [-0.05, 0) is 12.1 Å². The zero-order valence-electron chi connectivity index (χ0n) is 14.7. The molecule has 0 amide bonds. The molecule has 1 aliphatic heterocycles. The van der Waals surface area contributed by atoms with E-state index in [1.54, 1.807) is 6.33 Å². The van der Waals surface area contributed by atoms with E-state index in [0.29, 0.717) is 11.6 Å². The lowest BCUT2D eigenvalue weighted by molar-refractivity contribution is 0.424. The smallest absolute Gasteiger partial charge is 0.182 e. The van der Waals surface area contributed by atoms with Gasteiger partial charge in [-0.15, -0.1) is 5.10 Å². The average Bonchev–Trinajstić information content (AvgIpc) is 3.02. The van der Waals surface area contributed by atoms with E-state index in [1.807, 2.05) is 0 Å². The molecule has 8 heteroatoms. The van der Waals surface area contributed by atoms with Crippen LogP contribution in [0.25, 0.3) is 11.2 Å². The zero-order valence-corrected chi connectivity index (χ0v) is 14.7. The van der Waals surface area contributed by atoms with Gasteiger partial charge in [-0.25, -0.2) is 15.0 Å². The number of rotatable bonds is 4. The Morgan fingerprint density at radius 1 is 1.16 bits per heavy atom. The summed E-state index contributed by atoms with van der Waals surface area (Å²) in [5.74, 6) is 2.30. The summed E-state index contributed by atoms with van der Waals surface area (Å²) in [7, 11) is 0. The standard InChI is InChI=1S/C17H22N8/c1-17(2,3)12-4-5-13(24-23-12)25-7-11(8-25)6-18-15-14-16(20-9-19-14)22-10-21-15/h4-5,9-11H,6-8H2,1-3H3,(H2,18,19,20,21,22). The van der Waals surface area contributed by atoms with Gasteiger partial charge >= 0.3 is 0 Å². The number of hydrogen-bond acceptors (Lipinski definition) is 7. The van der Waals surface area contributed by atoms with E-state index < -0.39 is 0 Å². The molecule has 4 rings (SSSR count). The molecule has 0 radical (unpaired) electrons. The van der Waals surface area contributed by atoms with Gasteiger partial charge in [0.1, 0.15) is 11.8 Å². The van der Waals surface area contributed by atoms with E-state index >= 15 is 0 Å². The quantitative estimate of drug-likeness (QED) is 0.751. The first-order valence-corrected chi connectivity index (χ1v) is 8.48. The van der Waals surface area contributed by atoms with Crippen molar-refractivity contribution in [1.29, 1.82) is 0 Å². The Hall–Kier alpha value is -2.77. The first kappa shape index (κ1) is 15.7. The summed E-state index contributed by atoms with van der Waals surface area (Å²) in [6.45, 7) is 9.22. The topological polar surface area (TPSA) is 95.5 Å². The molecule has 0 spiro atoms. The number of aromatic nitrogens is 6. The molecule has 1 fully saturated rings. The van der Waals surface area contributed by atoms with Crippen molar-refractivity contribution in [2.75, 3.05) is 29.9 Å². The number of anilines is 2. The molecule has 2 N–H and O–H groups in total. The predicted molar refractivity (Wildman–Crippen MR) is 96.6 cm³/mol. The molecule has 0 atom stereocenters. The first-order chi connectivity index (χ1) is 12.0. The third kappa shape index (κ3) is 3.11. The van der Waals surface area contributed by atoms with Crippen LogP contribution in [0, 0.1) is 5.92 Å². The van der Waals surface area contributed by atoms with Crippen LogP contribution in [0.4, 0.5) is 11.6 Å². The van der Waals surface area contributed by atoms with Crippen molar-refractivity contribution in [3.05, 3.63) is 30.5 Å². The van der Waals surface area contributed by atoms with Crippen molar-refractivity contribution >= 4 is 22.8 Å². The minimum atomic E-state index is 0.0302. The number of nitrogens with zero attached hydrogens (tertiary/aromatic N) is 6. The summed E-state index contributed by atoms with van der Waals surface area (Å²) in [5.41, 5.74) is 2.58. The predicted octanol–water partition coefficient (Wildman–Crippen LogP) is 1.99. The van der Waals surface area contributed by atoms with Gasteiger partial charge in [0.2, 0.25) is 0 Å². The fraction of sp³-hybridized carbons (Fsp3) is 0.471. The fourth-order valence-corrected chi connectivity index (χ4v) is 2.92. The Kier molecular flexibility index (Phi) is 3.74. The van der Waals surface area contributed by atoms with E-state index in [4.69, 9.17) is 0 Å². The summed E-state index contributed by atoms with van der Waals surface area (Å²) >= 11 is 0. The molecule has 0 unspecified atom stereocenters. The largest absolute Gasteiger partial charge is 0.368 e. The number of H-pyrrole nitrogens is 1. The van der Waals surface area contributed by atoms with Crippen molar-refractivity contribution in [2.24, 2.45) is 5.92 Å². The Morgan fingerprint density at radius 3 is 2.72 bits per heavy atom. The van der Waals surface area contributed by atoms with Crippen LogP contribution < -0.4 is 10.2 Å². The molecular weight excluding hydrogens is 316 g/mol. The van der Waals surface area contributed by atoms with Crippen molar-refractivity contribution < 1.29 is 0 Å². The maximum Gasteiger partial charge on any atom is 0.182 e. The third-order valence-corrected chi connectivity index (χ3v) is 4.48. The lowest BCUT2D eigenvalue weighted by Crippen LogP contribution is -2.50. The minimum Gasteiger partial charge on any atom is -0.368 e. The second-order valence-corrected chi connectivity index (χ2v) is 7.50. The summed E-state index contributed by atoms with van der Waals surface area (Å²) in [4.78, 5) is 17.9. The van der Waals surface area contributed by atoms with Crippen LogP contribution in [0.1, 0.15) is 26.5 Å². The fourth-order valence-electron chi connectivity index (χ4n) is 2.92. The highest BCUT2D eigenvalue weighted by Crippen LogP contribution is 2.25. The van der Waals surface area contributed by atoms with Gasteiger partial charge in [-0.3, -0.25) is 0 Å². The van der Waals surface area contributed by atoms with E-state index in [0.717, 1.165) is 42.5 Å². The lowest BCUT2D eigenvalue weighted by atomic mass is 9.92. The van der Waals surface area contributed by atoms with Crippen LogP contribution in [-0.2, 0) is 5.41 Å². The Balaban J connectivity index is 1.33. The van der Waals surface area contributed by atoms with Gasteiger partial charge < -0.3 is 15.2 Å². The van der Waals surface area contributed by atoms with E-state index in [2.05, 4.69) is 73.3 Å². The van der Waals surface area contributed by atoms with Crippen LogP contribution in [0.15, 0.2) is 24.8 Å². The summed E-state index contributed by atoms with van der Waals surface area (Å²) < 4.78 is 0. The molecular formula is C17H22N8. The molecule has 25 heavy (non-hydrogen) atoms. The van der Waals surface area contributed by atoms with Gasteiger partial charge in [-0.1, -0.05) is 20.8 Å². The molecule has 1 aliphatic rings. The molecule has 3 aromatic heterocycles. The first-order valence-electron chi connectivity index (χ1n) is 8.48. The number of fused-ring (bicyclic) bond motifs is 1. The lowest BCUT2D eigenvalue weighted by Gasteiger charge is -2.40. The SMILES string of the molecule is CC(C)(C)c1ccc(N2CC(CNc3ncnc4nc[nH]c34)C2)nn1. The number of nitrogens with one attached hydrogen (secondary N) is 2. The molecule has 0 bridgehead atoms. The molecule has 0 saturated carbocycles. The van der Waals surface area contributed by atoms with Gasteiger partial charge in [0, 0.05) is 31.0 Å². The van der Waals surface area contributed by atoms with Crippen LogP contribution in [-0.4, -0.2) is 49.8 Å². The second kappa shape index (κ2) is 5.94. The van der Waals surface area contributed by atoms with Gasteiger partial charge in [-0.2, -0.15) is 5.10 Å². The van der Waals surface area contributed by atoms with Crippen molar-refractivity contribution in [3.63, 3.8) is 0 Å². The maximum absolute atomic E-state index is 4.38. The van der Waals surface area contributed by atoms with Crippen molar-refractivity contribution in [1.82, 2.24) is 30.1 Å². The van der Waals surface area contributed by atoms with E-state index in [9.17, 15) is 0 Å². The molecule has 0 aliphatic carbocycles. The Bertz CT molecular complexity index is 858.